The van der Waals surface area contributed by atoms with E-state index in [2.05, 4.69) is 43.4 Å². The SMILES string of the molecule is Cc1cccc(C)c1N1C(=O)c2ccccc2N[C@H]1c1ccc2oc3ccccc3c2c1. The summed E-state index contributed by atoms with van der Waals surface area (Å²) in [5.74, 6) is -0.00102. The lowest BCUT2D eigenvalue weighted by Gasteiger charge is -2.39. The summed E-state index contributed by atoms with van der Waals surface area (Å²) < 4.78 is 6.02. The zero-order chi connectivity index (χ0) is 21.8. The molecule has 0 saturated heterocycles. The second kappa shape index (κ2) is 6.99. The standard InChI is InChI=1S/C28H22N2O2/c1-17-8-7-9-18(2)26(17)30-27(29-23-12-5-3-11-21(23)28(30)31)19-14-15-25-22(16-19)20-10-4-6-13-24(20)32-25/h3-16,27,29H,1-2H3/t27-/m1/s1. The molecule has 2 heterocycles. The Morgan fingerprint density at radius 1 is 0.781 bits per heavy atom. The first-order valence-electron chi connectivity index (χ1n) is 10.8. The van der Waals surface area contributed by atoms with Crippen LogP contribution in [0.2, 0.25) is 0 Å². The van der Waals surface area contributed by atoms with E-state index in [-0.39, 0.29) is 12.1 Å². The van der Waals surface area contributed by atoms with Gasteiger partial charge in [0.15, 0.2) is 0 Å². The van der Waals surface area contributed by atoms with E-state index < -0.39 is 0 Å². The maximum Gasteiger partial charge on any atom is 0.262 e. The van der Waals surface area contributed by atoms with Crippen molar-refractivity contribution in [2.75, 3.05) is 10.2 Å². The van der Waals surface area contributed by atoms with Crippen LogP contribution in [-0.4, -0.2) is 5.91 Å². The Balaban J connectivity index is 1.59. The minimum Gasteiger partial charge on any atom is -0.456 e. The van der Waals surface area contributed by atoms with Crippen LogP contribution >= 0.6 is 0 Å². The van der Waals surface area contributed by atoms with E-state index in [4.69, 9.17) is 4.42 Å². The van der Waals surface area contributed by atoms with Gasteiger partial charge in [0, 0.05) is 16.5 Å². The number of nitrogens with one attached hydrogen (secondary N) is 1. The van der Waals surface area contributed by atoms with Crippen LogP contribution in [0.4, 0.5) is 11.4 Å². The van der Waals surface area contributed by atoms with Crippen molar-refractivity contribution in [1.29, 1.82) is 0 Å². The Morgan fingerprint density at radius 3 is 2.34 bits per heavy atom. The van der Waals surface area contributed by atoms with E-state index in [0.717, 1.165) is 50.0 Å². The molecule has 6 rings (SSSR count). The van der Waals surface area contributed by atoms with Gasteiger partial charge in [-0.05, 0) is 60.9 Å². The van der Waals surface area contributed by atoms with Crippen molar-refractivity contribution in [3.63, 3.8) is 0 Å². The first kappa shape index (κ1) is 18.7. The van der Waals surface area contributed by atoms with Gasteiger partial charge in [-0.25, -0.2) is 0 Å². The number of nitrogens with zero attached hydrogens (tertiary/aromatic N) is 1. The van der Waals surface area contributed by atoms with Crippen LogP contribution in [0.1, 0.15) is 33.2 Å². The molecular weight excluding hydrogens is 396 g/mol. The minimum atomic E-state index is -0.338. The predicted molar refractivity (Wildman–Crippen MR) is 129 cm³/mol. The summed E-state index contributed by atoms with van der Waals surface area (Å²) in [4.78, 5) is 15.7. The lowest BCUT2D eigenvalue weighted by molar-refractivity contribution is 0.0974. The van der Waals surface area contributed by atoms with Gasteiger partial charge in [-0.2, -0.15) is 0 Å². The van der Waals surface area contributed by atoms with Crippen molar-refractivity contribution in [2.24, 2.45) is 0 Å². The topological polar surface area (TPSA) is 45.5 Å². The van der Waals surface area contributed by atoms with Crippen molar-refractivity contribution in [3.8, 4) is 0 Å². The molecule has 5 aromatic rings. The van der Waals surface area contributed by atoms with Gasteiger partial charge in [0.05, 0.1) is 11.3 Å². The van der Waals surface area contributed by atoms with Crippen LogP contribution in [0.15, 0.2) is 89.3 Å². The van der Waals surface area contributed by atoms with Crippen molar-refractivity contribution in [1.82, 2.24) is 0 Å². The highest BCUT2D eigenvalue weighted by Gasteiger charge is 2.35. The second-order valence-electron chi connectivity index (χ2n) is 8.36. The third-order valence-electron chi connectivity index (χ3n) is 6.32. The minimum absolute atomic E-state index is 0.00102. The van der Waals surface area contributed by atoms with E-state index in [1.807, 2.05) is 65.6 Å². The molecule has 0 saturated carbocycles. The number of carbonyl (C=O) groups excluding carboxylic acids is 1. The normalized spacial score (nSPS) is 15.8. The third-order valence-corrected chi connectivity index (χ3v) is 6.32. The summed E-state index contributed by atoms with van der Waals surface area (Å²) in [6.07, 6.45) is -0.338. The summed E-state index contributed by atoms with van der Waals surface area (Å²) in [5.41, 5.74) is 7.33. The van der Waals surface area contributed by atoms with Crippen LogP contribution in [0, 0.1) is 13.8 Å². The number of rotatable bonds is 2. The Kier molecular flexibility index (Phi) is 4.08. The van der Waals surface area contributed by atoms with Crippen molar-refractivity contribution in [2.45, 2.75) is 20.0 Å². The highest BCUT2D eigenvalue weighted by atomic mass is 16.3. The molecule has 0 fully saturated rings. The lowest BCUT2D eigenvalue weighted by Crippen LogP contribution is -2.43. The van der Waals surface area contributed by atoms with E-state index >= 15 is 0 Å². The van der Waals surface area contributed by atoms with Gasteiger partial charge < -0.3 is 9.73 Å². The first-order valence-corrected chi connectivity index (χ1v) is 10.8. The monoisotopic (exact) mass is 418 g/mol. The highest BCUT2D eigenvalue weighted by molar-refractivity contribution is 6.13. The van der Waals surface area contributed by atoms with Gasteiger partial charge in [0.1, 0.15) is 17.3 Å². The smallest absolute Gasteiger partial charge is 0.262 e. The predicted octanol–water partition coefficient (Wildman–Crippen LogP) is 6.97. The Bertz CT molecular complexity index is 1490. The zero-order valence-corrected chi connectivity index (χ0v) is 17.9. The Hall–Kier alpha value is -4.05. The number of hydrogen-bond acceptors (Lipinski definition) is 3. The van der Waals surface area contributed by atoms with E-state index in [9.17, 15) is 4.79 Å². The molecule has 156 valence electrons. The lowest BCUT2D eigenvalue weighted by atomic mass is 9.98. The highest BCUT2D eigenvalue weighted by Crippen LogP contribution is 2.40. The number of aryl methyl sites for hydroxylation is 2. The molecule has 0 spiro atoms. The molecule has 1 aliphatic heterocycles. The fourth-order valence-electron chi connectivity index (χ4n) is 4.82. The summed E-state index contributed by atoms with van der Waals surface area (Å²) in [5, 5.41) is 5.75. The van der Waals surface area contributed by atoms with Gasteiger partial charge in [-0.15, -0.1) is 0 Å². The number of para-hydroxylation sites is 3. The summed E-state index contributed by atoms with van der Waals surface area (Å²) in [7, 11) is 0. The Morgan fingerprint density at radius 2 is 1.50 bits per heavy atom. The number of amides is 1. The fraction of sp³-hybridized carbons (Fsp3) is 0.107. The fourth-order valence-corrected chi connectivity index (χ4v) is 4.82. The van der Waals surface area contributed by atoms with E-state index in [1.54, 1.807) is 0 Å². The van der Waals surface area contributed by atoms with E-state index in [0.29, 0.717) is 5.56 Å². The van der Waals surface area contributed by atoms with Crippen LogP contribution in [-0.2, 0) is 0 Å². The number of furan rings is 1. The summed E-state index contributed by atoms with van der Waals surface area (Å²) in [6, 6.07) is 28.1. The number of fused-ring (bicyclic) bond motifs is 4. The summed E-state index contributed by atoms with van der Waals surface area (Å²) >= 11 is 0. The maximum atomic E-state index is 13.8. The van der Waals surface area contributed by atoms with Crippen molar-refractivity contribution >= 4 is 39.2 Å². The van der Waals surface area contributed by atoms with Crippen LogP contribution in [0.25, 0.3) is 21.9 Å². The molecule has 4 nitrogen and oxygen atoms in total. The average Bonchev–Trinajstić information content (AvgIpc) is 3.18. The number of anilines is 2. The molecule has 1 atom stereocenters. The third kappa shape index (κ3) is 2.73. The molecule has 1 N–H and O–H groups in total. The number of hydrogen-bond donors (Lipinski definition) is 1. The van der Waals surface area contributed by atoms with Gasteiger partial charge in [0.25, 0.3) is 5.91 Å². The van der Waals surface area contributed by atoms with Crippen molar-refractivity contribution in [3.05, 3.63) is 107 Å². The number of carbonyl (C=O) groups is 1. The van der Waals surface area contributed by atoms with Crippen LogP contribution in [0.5, 0.6) is 0 Å². The van der Waals surface area contributed by atoms with Crippen LogP contribution in [0.3, 0.4) is 0 Å². The molecule has 4 aromatic carbocycles. The quantitative estimate of drug-likeness (QED) is 0.337. The molecule has 0 radical (unpaired) electrons. The molecule has 1 amide bonds. The number of benzene rings is 4. The molecule has 1 aromatic heterocycles. The average molecular weight is 418 g/mol. The molecule has 0 aliphatic carbocycles. The first-order chi connectivity index (χ1) is 15.6. The molecular formula is C28H22N2O2. The molecule has 1 aliphatic rings. The molecule has 0 bridgehead atoms. The van der Waals surface area contributed by atoms with Gasteiger partial charge in [-0.1, -0.05) is 54.6 Å². The van der Waals surface area contributed by atoms with E-state index in [1.165, 1.54) is 0 Å². The summed E-state index contributed by atoms with van der Waals surface area (Å²) in [6.45, 7) is 4.11. The maximum absolute atomic E-state index is 13.8. The zero-order valence-electron chi connectivity index (χ0n) is 17.9. The largest absolute Gasteiger partial charge is 0.456 e. The van der Waals surface area contributed by atoms with Crippen LogP contribution < -0.4 is 10.2 Å². The Labute approximate surface area is 186 Å². The molecule has 0 unspecified atom stereocenters. The van der Waals surface area contributed by atoms with Gasteiger partial charge >= 0.3 is 0 Å². The van der Waals surface area contributed by atoms with Gasteiger partial charge in [-0.3, -0.25) is 9.69 Å². The molecule has 4 heteroatoms. The van der Waals surface area contributed by atoms with Gasteiger partial charge in [0.2, 0.25) is 0 Å². The molecule has 32 heavy (non-hydrogen) atoms. The van der Waals surface area contributed by atoms with Crippen molar-refractivity contribution < 1.29 is 9.21 Å². The second-order valence-corrected chi connectivity index (χ2v) is 8.36.